The lowest BCUT2D eigenvalue weighted by atomic mass is 9.99. The third kappa shape index (κ3) is 4.28. The van der Waals surface area contributed by atoms with E-state index >= 15 is 0 Å². The first-order valence-corrected chi connectivity index (χ1v) is 6.78. The third-order valence-electron chi connectivity index (χ3n) is 3.83. The Kier molecular flexibility index (Phi) is 5.40. The second-order valence-corrected chi connectivity index (χ2v) is 5.43. The molecule has 4 nitrogen and oxygen atoms in total. The lowest BCUT2D eigenvalue weighted by molar-refractivity contribution is -0.126. The van der Waals surface area contributed by atoms with Crippen LogP contribution in [0.15, 0.2) is 0 Å². The molecule has 1 saturated heterocycles. The smallest absolute Gasteiger partial charge is 0.239 e. The maximum Gasteiger partial charge on any atom is 0.239 e. The molecule has 17 heavy (non-hydrogen) atoms. The Morgan fingerprint density at radius 1 is 1.41 bits per heavy atom. The predicted molar refractivity (Wildman–Crippen MR) is 70.8 cm³/mol. The Morgan fingerprint density at radius 2 is 2.00 bits per heavy atom. The zero-order valence-electron chi connectivity index (χ0n) is 11.5. The van der Waals surface area contributed by atoms with Crippen LogP contribution in [-0.4, -0.2) is 42.0 Å². The molecule has 0 radical (unpaired) electrons. The van der Waals surface area contributed by atoms with Crippen LogP contribution in [0.5, 0.6) is 0 Å². The number of hydrogen-bond acceptors (Lipinski definition) is 3. The van der Waals surface area contributed by atoms with Crippen molar-refractivity contribution in [1.82, 2.24) is 10.2 Å². The Bertz CT molecular complexity index is 247. The molecule has 2 unspecified atom stereocenters. The van der Waals surface area contributed by atoms with E-state index in [0.717, 1.165) is 13.1 Å². The number of piperidine rings is 1. The van der Waals surface area contributed by atoms with Gasteiger partial charge in [0, 0.05) is 12.6 Å². The SMILES string of the molecule is CCC(C)(N)C(=O)NCC(C)N1CCCCC1. The summed E-state index contributed by atoms with van der Waals surface area (Å²) in [6.45, 7) is 8.91. The summed E-state index contributed by atoms with van der Waals surface area (Å²) in [7, 11) is 0. The first-order chi connectivity index (χ1) is 7.97. The van der Waals surface area contributed by atoms with E-state index in [9.17, 15) is 4.79 Å². The molecule has 100 valence electrons. The highest BCUT2D eigenvalue weighted by atomic mass is 16.2. The number of hydrogen-bond donors (Lipinski definition) is 2. The standard InChI is InChI=1S/C13H27N3O/c1-4-13(3,14)12(17)15-10-11(2)16-8-6-5-7-9-16/h11H,4-10,14H2,1-3H3,(H,15,17). The van der Waals surface area contributed by atoms with Crippen molar-refractivity contribution in [2.24, 2.45) is 5.73 Å². The van der Waals surface area contributed by atoms with Gasteiger partial charge in [0.1, 0.15) is 0 Å². The highest BCUT2D eigenvalue weighted by Gasteiger charge is 2.26. The zero-order valence-corrected chi connectivity index (χ0v) is 11.5. The number of nitrogens with two attached hydrogens (primary N) is 1. The van der Waals surface area contributed by atoms with Gasteiger partial charge in [-0.25, -0.2) is 0 Å². The van der Waals surface area contributed by atoms with Crippen LogP contribution in [0.4, 0.5) is 0 Å². The van der Waals surface area contributed by atoms with Crippen LogP contribution in [0, 0.1) is 0 Å². The molecule has 0 aromatic heterocycles. The van der Waals surface area contributed by atoms with E-state index in [1.54, 1.807) is 6.92 Å². The first kappa shape index (κ1) is 14.5. The average Bonchev–Trinajstić information content (AvgIpc) is 2.36. The van der Waals surface area contributed by atoms with Gasteiger partial charge in [0.25, 0.3) is 0 Å². The van der Waals surface area contributed by atoms with Gasteiger partial charge in [0.05, 0.1) is 5.54 Å². The second-order valence-electron chi connectivity index (χ2n) is 5.43. The van der Waals surface area contributed by atoms with Gasteiger partial charge in [-0.3, -0.25) is 9.69 Å². The summed E-state index contributed by atoms with van der Waals surface area (Å²) < 4.78 is 0. The number of nitrogens with zero attached hydrogens (tertiary/aromatic N) is 1. The number of carbonyl (C=O) groups excluding carboxylic acids is 1. The van der Waals surface area contributed by atoms with Gasteiger partial charge < -0.3 is 11.1 Å². The Balaban J connectivity index is 2.32. The van der Waals surface area contributed by atoms with E-state index in [2.05, 4.69) is 17.1 Å². The second kappa shape index (κ2) is 6.36. The first-order valence-electron chi connectivity index (χ1n) is 6.78. The van der Waals surface area contributed by atoms with Crippen molar-refractivity contribution in [1.29, 1.82) is 0 Å². The van der Waals surface area contributed by atoms with Crippen LogP contribution in [0.3, 0.4) is 0 Å². The molecule has 1 aliphatic rings. The van der Waals surface area contributed by atoms with E-state index < -0.39 is 5.54 Å². The molecular weight excluding hydrogens is 214 g/mol. The van der Waals surface area contributed by atoms with Crippen molar-refractivity contribution in [3.05, 3.63) is 0 Å². The zero-order chi connectivity index (χ0) is 12.9. The van der Waals surface area contributed by atoms with E-state index in [0.29, 0.717) is 19.0 Å². The van der Waals surface area contributed by atoms with Crippen LogP contribution >= 0.6 is 0 Å². The van der Waals surface area contributed by atoms with Crippen molar-refractivity contribution >= 4 is 5.91 Å². The van der Waals surface area contributed by atoms with Gasteiger partial charge in [0.15, 0.2) is 0 Å². The molecule has 0 aromatic carbocycles. The summed E-state index contributed by atoms with van der Waals surface area (Å²) >= 11 is 0. The van der Waals surface area contributed by atoms with Crippen LogP contribution < -0.4 is 11.1 Å². The Labute approximate surface area is 105 Å². The molecule has 0 aromatic rings. The summed E-state index contributed by atoms with van der Waals surface area (Å²) in [6.07, 6.45) is 4.56. The molecule has 1 aliphatic heterocycles. The molecule has 0 bridgehead atoms. The lowest BCUT2D eigenvalue weighted by Crippen LogP contribution is -2.54. The third-order valence-corrected chi connectivity index (χ3v) is 3.83. The van der Waals surface area contributed by atoms with E-state index in [1.807, 2.05) is 6.92 Å². The topological polar surface area (TPSA) is 58.4 Å². The van der Waals surface area contributed by atoms with Gasteiger partial charge in [0.2, 0.25) is 5.91 Å². The minimum Gasteiger partial charge on any atom is -0.353 e. The molecule has 0 spiro atoms. The maximum atomic E-state index is 11.8. The maximum absolute atomic E-state index is 11.8. The fourth-order valence-electron chi connectivity index (χ4n) is 2.09. The molecule has 1 fully saturated rings. The van der Waals surface area contributed by atoms with E-state index in [-0.39, 0.29) is 5.91 Å². The average molecular weight is 241 g/mol. The number of nitrogens with one attached hydrogen (secondary N) is 1. The molecule has 0 saturated carbocycles. The number of likely N-dealkylation sites (tertiary alicyclic amines) is 1. The van der Waals surface area contributed by atoms with Crippen LogP contribution in [-0.2, 0) is 4.79 Å². The minimum absolute atomic E-state index is 0.0381. The number of carbonyl (C=O) groups is 1. The van der Waals surface area contributed by atoms with Crippen molar-refractivity contribution in [3.8, 4) is 0 Å². The van der Waals surface area contributed by atoms with Gasteiger partial charge in [-0.1, -0.05) is 13.3 Å². The van der Waals surface area contributed by atoms with Crippen LogP contribution in [0.2, 0.25) is 0 Å². The van der Waals surface area contributed by atoms with Gasteiger partial charge in [-0.05, 0) is 46.2 Å². The molecule has 4 heteroatoms. The Hall–Kier alpha value is -0.610. The van der Waals surface area contributed by atoms with E-state index in [1.165, 1.54) is 19.3 Å². The summed E-state index contributed by atoms with van der Waals surface area (Å²) in [5.74, 6) is -0.0381. The molecule has 2 atom stereocenters. The summed E-state index contributed by atoms with van der Waals surface area (Å²) in [6, 6.07) is 0.409. The van der Waals surface area contributed by atoms with Crippen molar-refractivity contribution in [2.75, 3.05) is 19.6 Å². The summed E-state index contributed by atoms with van der Waals surface area (Å²) in [5.41, 5.74) is 5.16. The molecular formula is C13H27N3O. The monoisotopic (exact) mass is 241 g/mol. The molecule has 3 N–H and O–H groups in total. The van der Waals surface area contributed by atoms with Gasteiger partial charge >= 0.3 is 0 Å². The molecule has 1 rings (SSSR count). The largest absolute Gasteiger partial charge is 0.353 e. The van der Waals surface area contributed by atoms with Gasteiger partial charge in [-0.15, -0.1) is 0 Å². The normalized spacial score (nSPS) is 22.8. The highest BCUT2D eigenvalue weighted by Crippen LogP contribution is 2.12. The minimum atomic E-state index is -0.735. The Morgan fingerprint density at radius 3 is 2.53 bits per heavy atom. The van der Waals surface area contributed by atoms with Crippen molar-refractivity contribution < 1.29 is 4.79 Å². The van der Waals surface area contributed by atoms with E-state index in [4.69, 9.17) is 5.73 Å². The lowest BCUT2D eigenvalue weighted by Gasteiger charge is -2.33. The fourth-order valence-corrected chi connectivity index (χ4v) is 2.09. The molecule has 1 amide bonds. The quantitative estimate of drug-likeness (QED) is 0.758. The molecule has 1 heterocycles. The predicted octanol–water partition coefficient (Wildman–Crippen LogP) is 1.10. The molecule has 0 aliphatic carbocycles. The number of rotatable bonds is 5. The van der Waals surface area contributed by atoms with Crippen LogP contribution in [0.25, 0.3) is 0 Å². The van der Waals surface area contributed by atoms with Crippen molar-refractivity contribution in [2.45, 2.75) is 58.0 Å². The van der Waals surface area contributed by atoms with Gasteiger partial charge in [-0.2, -0.15) is 0 Å². The fraction of sp³-hybridized carbons (Fsp3) is 0.923. The van der Waals surface area contributed by atoms with Crippen LogP contribution in [0.1, 0.15) is 46.5 Å². The highest BCUT2D eigenvalue weighted by molar-refractivity contribution is 5.85. The summed E-state index contributed by atoms with van der Waals surface area (Å²) in [4.78, 5) is 14.3. The summed E-state index contributed by atoms with van der Waals surface area (Å²) in [5, 5.41) is 2.97. The van der Waals surface area contributed by atoms with Crippen molar-refractivity contribution in [3.63, 3.8) is 0 Å². The number of amides is 1.